The Labute approximate surface area is 96.9 Å². The average molecular weight is 218 g/mol. The minimum absolute atomic E-state index is 0.242. The van der Waals surface area contributed by atoms with Gasteiger partial charge in [0.2, 0.25) is 0 Å². The topological polar surface area (TPSA) is 26.3 Å². The Balaban J connectivity index is 2.70. The number of carbonyl (C=O) groups excluding carboxylic acids is 1. The Morgan fingerprint density at radius 1 is 1.56 bits per heavy atom. The summed E-state index contributed by atoms with van der Waals surface area (Å²) in [6, 6.07) is 7.86. The van der Waals surface area contributed by atoms with Crippen LogP contribution < -0.4 is 4.74 Å². The first-order valence-electron chi connectivity index (χ1n) is 5.44. The van der Waals surface area contributed by atoms with Gasteiger partial charge in [0.05, 0.1) is 0 Å². The highest BCUT2D eigenvalue weighted by Crippen LogP contribution is 2.22. The van der Waals surface area contributed by atoms with Crippen molar-refractivity contribution in [1.82, 2.24) is 0 Å². The quantitative estimate of drug-likeness (QED) is 0.540. The lowest BCUT2D eigenvalue weighted by Crippen LogP contribution is -1.99. The van der Waals surface area contributed by atoms with Gasteiger partial charge in [-0.25, -0.2) is 0 Å². The summed E-state index contributed by atoms with van der Waals surface area (Å²) in [5.41, 5.74) is 2.12. The fraction of sp³-hybridized carbons (Fsp3) is 0.357. The van der Waals surface area contributed by atoms with Crippen LogP contribution in [-0.2, 0) is 4.79 Å². The van der Waals surface area contributed by atoms with E-state index in [4.69, 9.17) is 4.74 Å². The predicted octanol–water partition coefficient (Wildman–Crippen LogP) is 3.33. The van der Waals surface area contributed by atoms with Crippen LogP contribution >= 0.6 is 0 Å². The van der Waals surface area contributed by atoms with Gasteiger partial charge in [0, 0.05) is 6.42 Å². The van der Waals surface area contributed by atoms with Gasteiger partial charge in [0.1, 0.15) is 18.6 Å². The Morgan fingerprint density at radius 2 is 2.31 bits per heavy atom. The third-order valence-electron chi connectivity index (χ3n) is 2.36. The molecule has 0 spiro atoms. The Morgan fingerprint density at radius 3 is 2.94 bits per heavy atom. The van der Waals surface area contributed by atoms with Crippen molar-refractivity contribution in [1.29, 1.82) is 0 Å². The highest BCUT2D eigenvalue weighted by molar-refractivity contribution is 5.51. The monoisotopic (exact) mass is 218 g/mol. The molecule has 0 radical (unpaired) electrons. The van der Waals surface area contributed by atoms with E-state index in [9.17, 15) is 4.79 Å². The van der Waals surface area contributed by atoms with E-state index in [0.29, 0.717) is 13.0 Å². The highest BCUT2D eigenvalue weighted by atomic mass is 16.5. The molecular formula is C14H18O2. The van der Waals surface area contributed by atoms with Gasteiger partial charge in [-0.1, -0.05) is 25.6 Å². The molecule has 2 nitrogen and oxygen atoms in total. The molecule has 16 heavy (non-hydrogen) atoms. The molecule has 0 aliphatic carbocycles. The summed E-state index contributed by atoms with van der Waals surface area (Å²) in [4.78, 5) is 10.4. The zero-order valence-electron chi connectivity index (χ0n) is 9.90. The summed E-state index contributed by atoms with van der Waals surface area (Å²) in [6.07, 6.45) is 1.50. The predicted molar refractivity (Wildman–Crippen MR) is 65.8 cm³/mol. The van der Waals surface area contributed by atoms with Gasteiger partial charge >= 0.3 is 0 Å². The van der Waals surface area contributed by atoms with Crippen LogP contribution in [0.2, 0.25) is 0 Å². The molecule has 1 unspecified atom stereocenters. The maximum atomic E-state index is 10.4. The maximum Gasteiger partial charge on any atom is 0.120 e. The van der Waals surface area contributed by atoms with E-state index in [-0.39, 0.29) is 5.92 Å². The second-order valence-corrected chi connectivity index (χ2v) is 4.12. The SMILES string of the molecule is C=C(C)COc1cccc(C(C)CC=O)c1. The molecule has 0 aromatic heterocycles. The first-order chi connectivity index (χ1) is 7.63. The molecule has 1 aromatic carbocycles. The van der Waals surface area contributed by atoms with Gasteiger partial charge in [-0.3, -0.25) is 0 Å². The minimum atomic E-state index is 0.242. The van der Waals surface area contributed by atoms with Crippen LogP contribution in [0, 0.1) is 0 Å². The van der Waals surface area contributed by atoms with Gasteiger partial charge in [0.25, 0.3) is 0 Å². The molecule has 2 heteroatoms. The molecule has 0 amide bonds. The van der Waals surface area contributed by atoms with Gasteiger partial charge in [-0.05, 0) is 36.1 Å². The van der Waals surface area contributed by atoms with Crippen molar-refractivity contribution in [3.63, 3.8) is 0 Å². The second-order valence-electron chi connectivity index (χ2n) is 4.12. The summed E-state index contributed by atoms with van der Waals surface area (Å²) in [5.74, 6) is 1.07. The standard InChI is InChI=1S/C14H18O2/c1-11(2)10-16-14-6-4-5-13(9-14)12(3)7-8-15/h4-6,8-9,12H,1,7,10H2,2-3H3. The van der Waals surface area contributed by atoms with Crippen LogP contribution in [0.3, 0.4) is 0 Å². The number of hydrogen-bond donors (Lipinski definition) is 0. The first kappa shape index (κ1) is 12.5. The second kappa shape index (κ2) is 6.11. The lowest BCUT2D eigenvalue weighted by molar-refractivity contribution is -0.108. The van der Waals surface area contributed by atoms with Gasteiger partial charge in [-0.2, -0.15) is 0 Å². The fourth-order valence-corrected chi connectivity index (χ4v) is 1.40. The van der Waals surface area contributed by atoms with Crippen LogP contribution in [0.25, 0.3) is 0 Å². The van der Waals surface area contributed by atoms with E-state index in [2.05, 4.69) is 6.58 Å². The number of benzene rings is 1. The van der Waals surface area contributed by atoms with Crippen LogP contribution in [0.1, 0.15) is 31.7 Å². The van der Waals surface area contributed by atoms with Gasteiger partial charge in [-0.15, -0.1) is 0 Å². The number of carbonyl (C=O) groups is 1. The van der Waals surface area contributed by atoms with E-state index in [0.717, 1.165) is 23.2 Å². The van der Waals surface area contributed by atoms with Crippen LogP contribution in [0.15, 0.2) is 36.4 Å². The summed E-state index contributed by atoms with van der Waals surface area (Å²) >= 11 is 0. The number of rotatable bonds is 6. The smallest absolute Gasteiger partial charge is 0.120 e. The first-order valence-corrected chi connectivity index (χ1v) is 5.44. The van der Waals surface area contributed by atoms with E-state index in [1.54, 1.807) is 0 Å². The molecule has 0 aliphatic heterocycles. The van der Waals surface area contributed by atoms with Gasteiger partial charge < -0.3 is 9.53 Å². The molecule has 0 fully saturated rings. The lowest BCUT2D eigenvalue weighted by atomic mass is 9.98. The Hall–Kier alpha value is -1.57. The normalized spacial score (nSPS) is 11.9. The van der Waals surface area contributed by atoms with Crippen molar-refractivity contribution in [2.75, 3.05) is 6.61 Å². The van der Waals surface area contributed by atoms with Crippen molar-refractivity contribution in [2.45, 2.75) is 26.2 Å². The van der Waals surface area contributed by atoms with E-state index in [1.807, 2.05) is 38.1 Å². The lowest BCUT2D eigenvalue weighted by Gasteiger charge is -2.11. The molecule has 0 saturated heterocycles. The van der Waals surface area contributed by atoms with Crippen molar-refractivity contribution in [3.05, 3.63) is 42.0 Å². The van der Waals surface area contributed by atoms with Crippen LogP contribution in [-0.4, -0.2) is 12.9 Å². The summed E-state index contributed by atoms with van der Waals surface area (Å²) in [7, 11) is 0. The Kier molecular flexibility index (Phi) is 4.77. The minimum Gasteiger partial charge on any atom is -0.489 e. The molecule has 0 bridgehead atoms. The van der Waals surface area contributed by atoms with Crippen molar-refractivity contribution in [2.24, 2.45) is 0 Å². The molecule has 1 atom stereocenters. The molecule has 1 aromatic rings. The van der Waals surface area contributed by atoms with Crippen molar-refractivity contribution >= 4 is 6.29 Å². The van der Waals surface area contributed by atoms with Crippen molar-refractivity contribution in [3.8, 4) is 5.75 Å². The van der Waals surface area contributed by atoms with Crippen LogP contribution in [0.5, 0.6) is 5.75 Å². The van der Waals surface area contributed by atoms with E-state index in [1.165, 1.54) is 0 Å². The summed E-state index contributed by atoms with van der Waals surface area (Å²) in [6.45, 7) is 8.28. The molecule has 0 aliphatic rings. The average Bonchev–Trinajstić information content (AvgIpc) is 2.27. The van der Waals surface area contributed by atoms with E-state index < -0.39 is 0 Å². The molecule has 0 heterocycles. The van der Waals surface area contributed by atoms with Crippen LogP contribution in [0.4, 0.5) is 0 Å². The number of ether oxygens (including phenoxy) is 1. The van der Waals surface area contributed by atoms with E-state index >= 15 is 0 Å². The maximum absolute atomic E-state index is 10.4. The number of hydrogen-bond acceptors (Lipinski definition) is 2. The zero-order valence-corrected chi connectivity index (χ0v) is 9.90. The summed E-state index contributed by atoms with van der Waals surface area (Å²) < 4.78 is 5.55. The van der Waals surface area contributed by atoms with Gasteiger partial charge in [0.15, 0.2) is 0 Å². The van der Waals surface area contributed by atoms with Crippen molar-refractivity contribution < 1.29 is 9.53 Å². The number of aldehydes is 1. The molecule has 0 N–H and O–H groups in total. The third kappa shape index (κ3) is 3.89. The Bertz CT molecular complexity index is 369. The highest BCUT2D eigenvalue weighted by Gasteiger charge is 2.05. The molecule has 0 saturated carbocycles. The zero-order chi connectivity index (χ0) is 12.0. The third-order valence-corrected chi connectivity index (χ3v) is 2.36. The summed E-state index contributed by atoms with van der Waals surface area (Å²) in [5, 5.41) is 0. The molecule has 86 valence electrons. The largest absolute Gasteiger partial charge is 0.489 e. The fourth-order valence-electron chi connectivity index (χ4n) is 1.40. The molecule has 1 rings (SSSR count). The molecular weight excluding hydrogens is 200 g/mol.